The van der Waals surface area contributed by atoms with Gasteiger partial charge in [-0.2, -0.15) is 0 Å². The lowest BCUT2D eigenvalue weighted by Gasteiger charge is -2.08. The second-order valence-electron chi connectivity index (χ2n) is 4.31. The number of hydrogen-bond donors (Lipinski definition) is 2. The minimum absolute atomic E-state index is 0.301. The fourth-order valence-corrected chi connectivity index (χ4v) is 1.67. The zero-order chi connectivity index (χ0) is 15.8. The third-order valence-corrected chi connectivity index (χ3v) is 2.73. The monoisotopic (exact) mass is 300 g/mol. The molecular weight excluding hydrogens is 284 g/mol. The average Bonchev–Trinajstić information content (AvgIpc) is 2.55. The van der Waals surface area contributed by atoms with E-state index >= 15 is 0 Å². The number of rotatable bonds is 5. The van der Waals surface area contributed by atoms with E-state index in [-0.39, 0.29) is 12.0 Å². The van der Waals surface area contributed by atoms with Crippen LogP contribution in [0.2, 0.25) is 0 Å². The van der Waals surface area contributed by atoms with Gasteiger partial charge in [-0.25, -0.2) is 19.6 Å². The van der Waals surface area contributed by atoms with Gasteiger partial charge in [-0.1, -0.05) is 0 Å². The number of ether oxygens (including phenoxy) is 1. The van der Waals surface area contributed by atoms with Crippen molar-refractivity contribution in [2.45, 2.75) is 13.5 Å². The van der Waals surface area contributed by atoms with Gasteiger partial charge in [0.15, 0.2) is 0 Å². The highest BCUT2D eigenvalue weighted by Crippen LogP contribution is 2.10. The van der Waals surface area contributed by atoms with Crippen LogP contribution in [-0.2, 0) is 11.3 Å². The predicted octanol–water partition coefficient (Wildman–Crippen LogP) is 1.97. The molecule has 0 aliphatic heterocycles. The fraction of sp³-hybridized carbons (Fsp3) is 0.200. The Labute approximate surface area is 127 Å². The normalized spacial score (nSPS) is 9.86. The quantitative estimate of drug-likeness (QED) is 0.823. The largest absolute Gasteiger partial charge is 0.462 e. The molecule has 7 heteroatoms. The molecule has 2 N–H and O–H groups in total. The molecule has 0 saturated heterocycles. The molecule has 0 atom stereocenters. The minimum Gasteiger partial charge on any atom is -0.462 e. The number of benzene rings is 1. The van der Waals surface area contributed by atoms with E-state index < -0.39 is 0 Å². The molecule has 1 heterocycles. The third-order valence-electron chi connectivity index (χ3n) is 2.73. The second kappa shape index (κ2) is 7.72. The van der Waals surface area contributed by atoms with Crippen LogP contribution in [0, 0.1) is 0 Å². The highest BCUT2D eigenvalue weighted by Gasteiger charge is 2.07. The van der Waals surface area contributed by atoms with Crippen molar-refractivity contribution in [3.63, 3.8) is 0 Å². The standard InChI is InChI=1S/C15H16N4O3/c1-2-22-14(20)11-3-5-12(6-4-11)19-15(21)17-9-13-7-8-16-10-18-13/h3-8,10H,2,9H2,1H3,(H2,17,19,21). The van der Waals surface area contributed by atoms with Gasteiger partial charge in [0, 0.05) is 11.9 Å². The molecule has 0 radical (unpaired) electrons. The zero-order valence-corrected chi connectivity index (χ0v) is 12.1. The summed E-state index contributed by atoms with van der Waals surface area (Å²) >= 11 is 0. The summed E-state index contributed by atoms with van der Waals surface area (Å²) in [6.07, 6.45) is 3.03. The topological polar surface area (TPSA) is 93.2 Å². The lowest BCUT2D eigenvalue weighted by molar-refractivity contribution is 0.0526. The Hall–Kier alpha value is -2.96. The summed E-state index contributed by atoms with van der Waals surface area (Å²) in [5, 5.41) is 5.34. The summed E-state index contributed by atoms with van der Waals surface area (Å²) in [5.74, 6) is -0.387. The van der Waals surface area contributed by atoms with Gasteiger partial charge in [-0.3, -0.25) is 0 Å². The fourth-order valence-electron chi connectivity index (χ4n) is 1.67. The molecule has 2 aromatic rings. The minimum atomic E-state index is -0.387. The van der Waals surface area contributed by atoms with Gasteiger partial charge >= 0.3 is 12.0 Å². The Morgan fingerprint density at radius 3 is 2.59 bits per heavy atom. The van der Waals surface area contributed by atoms with E-state index in [1.807, 2.05) is 0 Å². The number of nitrogens with zero attached hydrogens (tertiary/aromatic N) is 2. The van der Waals surface area contributed by atoms with Gasteiger partial charge in [0.2, 0.25) is 0 Å². The molecule has 0 saturated carbocycles. The molecule has 1 aromatic heterocycles. The summed E-state index contributed by atoms with van der Waals surface area (Å²) in [6, 6.07) is 7.82. The molecule has 22 heavy (non-hydrogen) atoms. The first-order chi connectivity index (χ1) is 10.7. The van der Waals surface area contributed by atoms with E-state index in [4.69, 9.17) is 4.74 Å². The van der Waals surface area contributed by atoms with Gasteiger partial charge in [0.25, 0.3) is 0 Å². The molecular formula is C15H16N4O3. The number of anilines is 1. The third kappa shape index (κ3) is 4.55. The molecule has 0 aliphatic rings. The first kappa shape index (κ1) is 15.4. The molecule has 0 bridgehead atoms. The van der Waals surface area contributed by atoms with Crippen LogP contribution in [0.3, 0.4) is 0 Å². The van der Waals surface area contributed by atoms with Crippen LogP contribution >= 0.6 is 0 Å². The summed E-state index contributed by atoms with van der Waals surface area (Å²) in [5.41, 5.74) is 1.73. The van der Waals surface area contributed by atoms with E-state index in [2.05, 4.69) is 20.6 Å². The maximum atomic E-state index is 11.7. The Bertz CT molecular complexity index is 629. The maximum Gasteiger partial charge on any atom is 0.338 e. The molecule has 1 aromatic carbocycles. The van der Waals surface area contributed by atoms with Crippen LogP contribution in [0.1, 0.15) is 23.0 Å². The van der Waals surface area contributed by atoms with Crippen LogP contribution in [0.25, 0.3) is 0 Å². The van der Waals surface area contributed by atoms with Crippen molar-refractivity contribution in [2.24, 2.45) is 0 Å². The van der Waals surface area contributed by atoms with Crippen LogP contribution in [0.4, 0.5) is 10.5 Å². The van der Waals surface area contributed by atoms with E-state index in [1.165, 1.54) is 6.33 Å². The number of hydrogen-bond acceptors (Lipinski definition) is 5. The summed E-state index contributed by atoms with van der Waals surface area (Å²) in [7, 11) is 0. The lowest BCUT2D eigenvalue weighted by Crippen LogP contribution is -2.28. The smallest absolute Gasteiger partial charge is 0.338 e. The van der Waals surface area contributed by atoms with E-state index in [0.29, 0.717) is 30.1 Å². The summed E-state index contributed by atoms with van der Waals surface area (Å²) in [4.78, 5) is 31.1. The molecule has 0 unspecified atom stereocenters. The lowest BCUT2D eigenvalue weighted by atomic mass is 10.2. The van der Waals surface area contributed by atoms with Crippen molar-refractivity contribution in [1.29, 1.82) is 0 Å². The molecule has 2 amide bonds. The summed E-state index contributed by atoms with van der Waals surface area (Å²) < 4.78 is 4.89. The molecule has 0 fully saturated rings. The number of carbonyl (C=O) groups excluding carboxylic acids is 2. The van der Waals surface area contributed by atoms with Crippen molar-refractivity contribution < 1.29 is 14.3 Å². The number of esters is 1. The Kier molecular flexibility index (Phi) is 5.42. The number of nitrogens with one attached hydrogen (secondary N) is 2. The highest BCUT2D eigenvalue weighted by molar-refractivity contribution is 5.92. The summed E-state index contributed by atoms with van der Waals surface area (Å²) in [6.45, 7) is 2.37. The molecule has 7 nitrogen and oxygen atoms in total. The van der Waals surface area contributed by atoms with Crippen molar-refractivity contribution in [2.75, 3.05) is 11.9 Å². The van der Waals surface area contributed by atoms with Crippen molar-refractivity contribution in [3.05, 3.63) is 54.1 Å². The Morgan fingerprint density at radius 2 is 1.95 bits per heavy atom. The Morgan fingerprint density at radius 1 is 1.18 bits per heavy atom. The van der Waals surface area contributed by atoms with E-state index in [9.17, 15) is 9.59 Å². The molecule has 114 valence electrons. The van der Waals surface area contributed by atoms with Crippen LogP contribution < -0.4 is 10.6 Å². The van der Waals surface area contributed by atoms with E-state index in [0.717, 1.165) is 0 Å². The highest BCUT2D eigenvalue weighted by atomic mass is 16.5. The predicted molar refractivity (Wildman–Crippen MR) is 80.3 cm³/mol. The number of urea groups is 1. The molecule has 2 rings (SSSR count). The van der Waals surface area contributed by atoms with Crippen LogP contribution in [0.5, 0.6) is 0 Å². The maximum absolute atomic E-state index is 11.7. The number of aromatic nitrogens is 2. The van der Waals surface area contributed by atoms with Crippen LogP contribution in [0.15, 0.2) is 42.9 Å². The first-order valence-electron chi connectivity index (χ1n) is 6.76. The van der Waals surface area contributed by atoms with Crippen LogP contribution in [-0.4, -0.2) is 28.6 Å². The number of carbonyl (C=O) groups is 2. The SMILES string of the molecule is CCOC(=O)c1ccc(NC(=O)NCc2ccncn2)cc1. The first-order valence-corrected chi connectivity index (χ1v) is 6.76. The van der Waals surface area contributed by atoms with Crippen molar-refractivity contribution in [3.8, 4) is 0 Å². The van der Waals surface area contributed by atoms with Gasteiger partial charge in [0.05, 0.1) is 24.4 Å². The molecule has 0 aliphatic carbocycles. The molecule has 0 spiro atoms. The van der Waals surface area contributed by atoms with Gasteiger partial charge in [-0.15, -0.1) is 0 Å². The van der Waals surface area contributed by atoms with E-state index in [1.54, 1.807) is 43.5 Å². The number of amides is 2. The second-order valence-corrected chi connectivity index (χ2v) is 4.31. The zero-order valence-electron chi connectivity index (χ0n) is 12.1. The van der Waals surface area contributed by atoms with Crippen molar-refractivity contribution in [1.82, 2.24) is 15.3 Å². The average molecular weight is 300 g/mol. The van der Waals surface area contributed by atoms with Gasteiger partial charge in [-0.05, 0) is 37.3 Å². The Balaban J connectivity index is 1.85. The van der Waals surface area contributed by atoms with Gasteiger partial charge in [0.1, 0.15) is 6.33 Å². The van der Waals surface area contributed by atoms with Crippen molar-refractivity contribution >= 4 is 17.7 Å². The van der Waals surface area contributed by atoms with Gasteiger partial charge < -0.3 is 15.4 Å².